The number of fused-ring (bicyclic) bond motifs is 4. The molecule has 0 amide bonds. The van der Waals surface area contributed by atoms with Gasteiger partial charge in [-0.1, -0.05) is 0 Å². The molecule has 2 aliphatic rings. The molecule has 4 heterocycles. The second-order valence-electron chi connectivity index (χ2n) is 8.28. The molecule has 1 aromatic carbocycles. The Balaban J connectivity index is 1.56. The van der Waals surface area contributed by atoms with Crippen LogP contribution in [-0.2, 0) is 0 Å². The van der Waals surface area contributed by atoms with Crippen LogP contribution in [0.5, 0.6) is 11.8 Å². The van der Waals surface area contributed by atoms with Crippen LogP contribution in [-0.4, -0.2) is 51.1 Å². The van der Waals surface area contributed by atoms with Crippen molar-refractivity contribution in [2.24, 2.45) is 17.6 Å². The molecule has 1 aliphatic carbocycles. The number of nitrogens with two attached hydrogens (primary N) is 1. The van der Waals surface area contributed by atoms with Crippen LogP contribution in [0.15, 0.2) is 18.5 Å². The summed E-state index contributed by atoms with van der Waals surface area (Å²) < 4.78 is 35.2. The molecular weight excluding hydrogens is 418 g/mol. The van der Waals surface area contributed by atoms with Crippen molar-refractivity contribution < 1.29 is 13.5 Å². The van der Waals surface area contributed by atoms with Gasteiger partial charge in [-0.3, -0.25) is 0 Å². The minimum atomic E-state index is -0.947. The molecule has 1 aliphatic heterocycles. The van der Waals surface area contributed by atoms with Gasteiger partial charge in [0.1, 0.15) is 17.3 Å². The van der Waals surface area contributed by atoms with Crippen LogP contribution in [0.25, 0.3) is 21.9 Å². The first-order chi connectivity index (χ1) is 15.4. The van der Waals surface area contributed by atoms with E-state index in [1.807, 2.05) is 4.90 Å². The first kappa shape index (κ1) is 19.1. The van der Waals surface area contributed by atoms with Crippen LogP contribution >= 0.6 is 0 Å². The van der Waals surface area contributed by atoms with Crippen molar-refractivity contribution in [3.8, 4) is 11.8 Å². The zero-order valence-electron chi connectivity index (χ0n) is 17.4. The first-order valence-corrected chi connectivity index (χ1v) is 10.3. The Hall–Kier alpha value is -3.60. The number of H-pyrrole nitrogens is 1. The molecule has 1 saturated carbocycles. The third kappa shape index (κ3) is 2.77. The molecule has 164 valence electrons. The van der Waals surface area contributed by atoms with Gasteiger partial charge in [-0.15, -0.1) is 0 Å². The van der Waals surface area contributed by atoms with Crippen molar-refractivity contribution in [2.75, 3.05) is 30.4 Å². The third-order valence-corrected chi connectivity index (χ3v) is 6.38. The number of nitrogens with zero attached hydrogens (tertiary/aromatic N) is 5. The summed E-state index contributed by atoms with van der Waals surface area (Å²) >= 11 is 0. The molecule has 4 aromatic rings. The highest BCUT2D eigenvalue weighted by atomic mass is 19.2. The monoisotopic (exact) mass is 438 g/mol. The Labute approximate surface area is 181 Å². The zero-order chi connectivity index (χ0) is 22.1. The fraction of sp³-hybridized carbons (Fsp3) is 0.333. The van der Waals surface area contributed by atoms with Crippen LogP contribution in [0, 0.1) is 30.4 Å². The zero-order valence-corrected chi connectivity index (χ0v) is 17.4. The number of hydrogen-bond acceptors (Lipinski definition) is 8. The van der Waals surface area contributed by atoms with Crippen LogP contribution in [0.4, 0.5) is 20.3 Å². The van der Waals surface area contributed by atoms with Gasteiger partial charge in [-0.2, -0.15) is 9.97 Å². The van der Waals surface area contributed by atoms with Crippen molar-refractivity contribution in [3.63, 3.8) is 0 Å². The topological polar surface area (TPSA) is 118 Å². The summed E-state index contributed by atoms with van der Waals surface area (Å²) in [5, 5.41) is 3.42. The fourth-order valence-electron chi connectivity index (χ4n) is 4.61. The molecule has 0 spiro atoms. The lowest BCUT2D eigenvalue weighted by Gasteiger charge is -2.21. The number of benzene rings is 1. The van der Waals surface area contributed by atoms with Crippen molar-refractivity contribution in [1.29, 1.82) is 0 Å². The summed E-state index contributed by atoms with van der Waals surface area (Å²) in [5.41, 5.74) is 7.28. The highest BCUT2D eigenvalue weighted by Gasteiger charge is 2.54. The molecule has 0 bridgehead atoms. The summed E-state index contributed by atoms with van der Waals surface area (Å²) in [4.78, 5) is 22.4. The maximum absolute atomic E-state index is 15.0. The van der Waals surface area contributed by atoms with Gasteiger partial charge in [0.2, 0.25) is 0 Å². The van der Waals surface area contributed by atoms with E-state index in [9.17, 15) is 4.39 Å². The highest BCUT2D eigenvalue weighted by molar-refractivity contribution is 6.15. The number of nitrogens with one attached hydrogen (secondary N) is 2. The lowest BCUT2D eigenvalue weighted by molar-refractivity contribution is 0.439. The molecule has 2 fully saturated rings. The number of hydrogen-bond donors (Lipinski definition) is 3. The predicted molar refractivity (Wildman–Crippen MR) is 115 cm³/mol. The van der Waals surface area contributed by atoms with Gasteiger partial charge in [0.25, 0.3) is 0 Å². The number of anilines is 2. The Morgan fingerprint density at radius 2 is 1.88 bits per heavy atom. The molecule has 11 heteroatoms. The summed E-state index contributed by atoms with van der Waals surface area (Å²) in [6.45, 7) is 3.15. The summed E-state index contributed by atoms with van der Waals surface area (Å²) in [6, 6.07) is 1.35. The van der Waals surface area contributed by atoms with Crippen LogP contribution in [0.2, 0.25) is 0 Å². The summed E-state index contributed by atoms with van der Waals surface area (Å²) in [7, 11) is 1.64. The average Bonchev–Trinajstić information content (AvgIpc) is 3.15. The quantitative estimate of drug-likeness (QED) is 0.445. The maximum Gasteiger partial charge on any atom is 0.326 e. The van der Waals surface area contributed by atoms with Gasteiger partial charge in [0.05, 0.1) is 34.4 Å². The van der Waals surface area contributed by atoms with E-state index in [0.717, 1.165) is 6.07 Å². The smallest absolute Gasteiger partial charge is 0.326 e. The molecular formula is C21H20F2N8O. The van der Waals surface area contributed by atoms with E-state index in [1.54, 1.807) is 14.0 Å². The molecule has 0 radical (unpaired) electrons. The largest absolute Gasteiger partial charge is 0.421 e. The maximum atomic E-state index is 15.0. The van der Waals surface area contributed by atoms with Crippen molar-refractivity contribution in [1.82, 2.24) is 24.9 Å². The Kier molecular flexibility index (Phi) is 4.00. The molecule has 1 saturated heterocycles. The number of rotatable bonds is 4. The van der Waals surface area contributed by atoms with E-state index in [4.69, 9.17) is 10.5 Å². The average molecular weight is 438 g/mol. The van der Waals surface area contributed by atoms with Gasteiger partial charge in [-0.05, 0) is 18.8 Å². The highest BCUT2D eigenvalue weighted by Crippen LogP contribution is 2.47. The van der Waals surface area contributed by atoms with E-state index >= 15 is 4.39 Å². The standard InChI is InChI=1S/C21H20F2N8O/c1-8-26-4-9(5-27-8)32-21-29-19-15(20(30-21)31-6-10-11(7-31)17(10)24)14-16(23)12(22)3-13(25-2)18(14)28-19/h3-5,10-11,17,25H,6-7,24H2,1-2H3,(H,28,29,30)/t10-,11+,17?. The second-order valence-corrected chi connectivity index (χ2v) is 8.28. The minimum absolute atomic E-state index is 0.0586. The SMILES string of the molecule is CNc1cc(F)c(F)c2c1[nH]c1nc(Oc3cnc(C)nc3)nc(N3C[C@@H]4C(N)[C@@H]4C3)c12. The molecule has 3 atom stereocenters. The predicted octanol–water partition coefficient (Wildman–Crippen LogP) is 2.72. The van der Waals surface area contributed by atoms with Crippen molar-refractivity contribution in [3.05, 3.63) is 35.9 Å². The Morgan fingerprint density at radius 3 is 2.56 bits per heavy atom. The lowest BCUT2D eigenvalue weighted by atomic mass is 10.1. The molecule has 6 rings (SSSR count). The van der Waals surface area contributed by atoms with Gasteiger partial charge in [0, 0.05) is 32.2 Å². The van der Waals surface area contributed by atoms with E-state index in [0.29, 0.717) is 64.6 Å². The molecule has 1 unspecified atom stereocenters. The molecule has 32 heavy (non-hydrogen) atoms. The van der Waals surface area contributed by atoms with Crippen molar-refractivity contribution in [2.45, 2.75) is 13.0 Å². The Bertz CT molecular complexity index is 1360. The lowest BCUT2D eigenvalue weighted by Crippen LogP contribution is -2.29. The number of aryl methyl sites for hydroxylation is 1. The van der Waals surface area contributed by atoms with Crippen LogP contribution < -0.4 is 20.7 Å². The first-order valence-electron chi connectivity index (χ1n) is 10.3. The normalized spacial score (nSPS) is 21.9. The Morgan fingerprint density at radius 1 is 1.16 bits per heavy atom. The number of piperidine rings is 1. The molecule has 3 aromatic heterocycles. The van der Waals surface area contributed by atoms with Gasteiger partial charge < -0.3 is 25.7 Å². The number of aromatic amines is 1. The minimum Gasteiger partial charge on any atom is -0.421 e. The van der Waals surface area contributed by atoms with Crippen molar-refractivity contribution >= 4 is 33.4 Å². The van der Waals surface area contributed by atoms with Gasteiger partial charge in [0.15, 0.2) is 17.4 Å². The number of aromatic nitrogens is 5. The summed E-state index contributed by atoms with van der Waals surface area (Å²) in [6.07, 6.45) is 3.05. The number of halogens is 2. The van der Waals surface area contributed by atoms with E-state index in [1.165, 1.54) is 12.4 Å². The third-order valence-electron chi connectivity index (χ3n) is 6.38. The molecule has 9 nitrogen and oxygen atoms in total. The van der Waals surface area contributed by atoms with Crippen LogP contribution in [0.3, 0.4) is 0 Å². The van der Waals surface area contributed by atoms with Crippen LogP contribution in [0.1, 0.15) is 5.82 Å². The van der Waals surface area contributed by atoms with E-state index in [-0.39, 0.29) is 17.4 Å². The number of ether oxygens (including phenoxy) is 1. The van der Waals surface area contributed by atoms with E-state index in [2.05, 4.69) is 30.2 Å². The fourth-order valence-corrected chi connectivity index (χ4v) is 4.61. The second kappa shape index (κ2) is 6.70. The molecule has 4 N–H and O–H groups in total. The van der Waals surface area contributed by atoms with Gasteiger partial charge >= 0.3 is 6.01 Å². The van der Waals surface area contributed by atoms with E-state index < -0.39 is 11.6 Å². The van der Waals surface area contributed by atoms with Gasteiger partial charge in [-0.25, -0.2) is 18.7 Å². The summed E-state index contributed by atoms with van der Waals surface area (Å²) in [5.74, 6) is 0.305.